The van der Waals surface area contributed by atoms with Gasteiger partial charge in [-0.3, -0.25) is 4.90 Å². The van der Waals surface area contributed by atoms with Gasteiger partial charge in [0.15, 0.2) is 12.3 Å². The highest BCUT2D eigenvalue weighted by Gasteiger charge is 2.42. The summed E-state index contributed by atoms with van der Waals surface area (Å²) in [5, 5.41) is 11.1. The molecule has 1 fully saturated rings. The van der Waals surface area contributed by atoms with Gasteiger partial charge in [-0.05, 0) is 18.4 Å². The average Bonchev–Trinajstić information content (AvgIpc) is 2.77. The Morgan fingerprint density at radius 3 is 2.81 bits per heavy atom. The van der Waals surface area contributed by atoms with Crippen LogP contribution in [-0.4, -0.2) is 28.4 Å². The maximum Gasteiger partial charge on any atom is 0.413 e. The summed E-state index contributed by atoms with van der Waals surface area (Å²) in [6.45, 7) is 0.311. The van der Waals surface area contributed by atoms with Crippen LogP contribution in [-0.2, 0) is 11.3 Å². The number of rotatable bonds is 3. The second-order valence-electron chi connectivity index (χ2n) is 5.13. The Morgan fingerprint density at radius 1 is 1.33 bits per heavy atom. The van der Waals surface area contributed by atoms with Gasteiger partial charge >= 0.3 is 6.09 Å². The van der Waals surface area contributed by atoms with Crippen LogP contribution in [0.1, 0.15) is 18.4 Å². The van der Waals surface area contributed by atoms with Gasteiger partial charge in [-0.15, -0.1) is 0 Å². The van der Waals surface area contributed by atoms with Crippen LogP contribution in [0.15, 0.2) is 53.1 Å². The lowest BCUT2D eigenvalue weighted by Crippen LogP contribution is -2.36. The minimum Gasteiger partial charge on any atom is -0.436 e. The zero-order valence-electron chi connectivity index (χ0n) is 11.4. The molecular formula is C16H16ClNO3. The normalized spacial score (nSPS) is 25.4. The van der Waals surface area contributed by atoms with Crippen LogP contribution in [0.25, 0.3) is 0 Å². The zero-order valence-corrected chi connectivity index (χ0v) is 12.2. The van der Waals surface area contributed by atoms with Crippen molar-refractivity contribution in [3.05, 3.63) is 58.7 Å². The van der Waals surface area contributed by atoms with Crippen molar-refractivity contribution in [2.75, 3.05) is 0 Å². The molecule has 1 aromatic rings. The van der Waals surface area contributed by atoms with Gasteiger partial charge in [-0.1, -0.05) is 54.1 Å². The van der Waals surface area contributed by atoms with Crippen LogP contribution in [0.4, 0.5) is 4.79 Å². The van der Waals surface area contributed by atoms with Crippen molar-refractivity contribution in [1.82, 2.24) is 4.90 Å². The highest BCUT2D eigenvalue weighted by atomic mass is 35.5. The van der Waals surface area contributed by atoms with Crippen molar-refractivity contribution in [3.8, 4) is 0 Å². The van der Waals surface area contributed by atoms with E-state index in [0.29, 0.717) is 23.6 Å². The summed E-state index contributed by atoms with van der Waals surface area (Å²) in [6.07, 6.45) is 3.13. The third-order valence-electron chi connectivity index (χ3n) is 3.70. The molecule has 1 heterocycles. The summed E-state index contributed by atoms with van der Waals surface area (Å²) in [5.41, 5.74) is 1.63. The Balaban J connectivity index is 1.79. The van der Waals surface area contributed by atoms with Gasteiger partial charge in [0, 0.05) is 10.6 Å². The molecule has 1 aliphatic heterocycles. The largest absolute Gasteiger partial charge is 0.436 e. The van der Waals surface area contributed by atoms with E-state index in [1.54, 1.807) is 0 Å². The second kappa shape index (κ2) is 5.92. The first-order chi connectivity index (χ1) is 10.2. The summed E-state index contributed by atoms with van der Waals surface area (Å²) < 4.78 is 5.31. The number of aliphatic hydroxyl groups excluding tert-OH is 1. The van der Waals surface area contributed by atoms with Crippen molar-refractivity contribution in [3.63, 3.8) is 0 Å². The van der Waals surface area contributed by atoms with Crippen LogP contribution in [0.2, 0.25) is 0 Å². The fourth-order valence-electron chi connectivity index (χ4n) is 2.58. The first-order valence-corrected chi connectivity index (χ1v) is 7.29. The third kappa shape index (κ3) is 2.82. The number of hydrogen-bond acceptors (Lipinski definition) is 3. The van der Waals surface area contributed by atoms with Gasteiger partial charge in [0.1, 0.15) is 0 Å². The minimum absolute atomic E-state index is 0.311. The molecule has 110 valence electrons. The topological polar surface area (TPSA) is 49.8 Å². The first-order valence-electron chi connectivity index (χ1n) is 6.91. The number of nitrogens with zero attached hydrogens (tertiary/aromatic N) is 1. The molecule has 1 aliphatic carbocycles. The number of ether oxygens (including phenoxy) is 1. The lowest BCUT2D eigenvalue weighted by molar-refractivity contribution is 0.0274. The average molecular weight is 306 g/mol. The van der Waals surface area contributed by atoms with Gasteiger partial charge in [-0.2, -0.15) is 0 Å². The maximum absolute atomic E-state index is 12.0. The molecule has 1 aromatic carbocycles. The van der Waals surface area contributed by atoms with Crippen molar-refractivity contribution < 1.29 is 14.6 Å². The van der Waals surface area contributed by atoms with Crippen molar-refractivity contribution in [2.45, 2.75) is 31.7 Å². The molecule has 0 bridgehead atoms. The molecule has 0 radical (unpaired) electrons. The molecule has 21 heavy (non-hydrogen) atoms. The number of cyclic esters (lactones) is 1. The summed E-state index contributed by atoms with van der Waals surface area (Å²) in [5.74, 6) is 0. The third-order valence-corrected chi connectivity index (χ3v) is 4.10. The van der Waals surface area contributed by atoms with Gasteiger partial charge in [0.05, 0.1) is 6.54 Å². The Morgan fingerprint density at radius 2 is 2.10 bits per heavy atom. The van der Waals surface area contributed by atoms with E-state index in [4.69, 9.17) is 16.3 Å². The van der Waals surface area contributed by atoms with E-state index in [1.165, 1.54) is 4.90 Å². The summed E-state index contributed by atoms with van der Waals surface area (Å²) in [4.78, 5) is 13.3. The Labute approximate surface area is 128 Å². The highest BCUT2D eigenvalue weighted by molar-refractivity contribution is 6.30. The van der Waals surface area contributed by atoms with Crippen LogP contribution in [0, 0.1) is 0 Å². The van der Waals surface area contributed by atoms with Crippen molar-refractivity contribution >= 4 is 17.7 Å². The number of allylic oxidation sites excluding steroid dienone is 2. The minimum atomic E-state index is -1.02. The van der Waals surface area contributed by atoms with E-state index in [0.717, 1.165) is 12.0 Å². The molecule has 0 unspecified atom stereocenters. The molecular weight excluding hydrogens is 290 g/mol. The molecule has 0 spiro atoms. The number of carbonyl (C=O) groups is 1. The highest BCUT2D eigenvalue weighted by Crippen LogP contribution is 2.32. The summed E-state index contributed by atoms with van der Waals surface area (Å²) in [7, 11) is 0. The number of carbonyl (C=O) groups excluding carboxylic acids is 1. The molecule has 2 aliphatic rings. The number of aliphatic hydroxyl groups is 1. The van der Waals surface area contributed by atoms with Gasteiger partial charge in [0.2, 0.25) is 0 Å². The van der Waals surface area contributed by atoms with Gasteiger partial charge in [0.25, 0.3) is 0 Å². The van der Waals surface area contributed by atoms with Crippen LogP contribution >= 0.6 is 11.6 Å². The quantitative estimate of drug-likeness (QED) is 0.933. The Kier molecular flexibility index (Phi) is 3.99. The molecule has 2 atom stereocenters. The van der Waals surface area contributed by atoms with Gasteiger partial charge in [-0.25, -0.2) is 4.79 Å². The van der Waals surface area contributed by atoms with Crippen molar-refractivity contribution in [1.29, 1.82) is 0 Å². The van der Waals surface area contributed by atoms with Crippen LogP contribution < -0.4 is 0 Å². The lowest BCUT2D eigenvalue weighted by atomic mass is 10.0. The first kappa shape index (κ1) is 14.2. The number of hydrogen-bond donors (Lipinski definition) is 1. The number of amides is 1. The molecule has 1 N–H and O–H groups in total. The van der Waals surface area contributed by atoms with E-state index in [9.17, 15) is 9.90 Å². The fourth-order valence-corrected chi connectivity index (χ4v) is 2.85. The standard InChI is InChI=1S/C16H16ClNO3/c17-13-9-5-4-8-12(13)14-15(19)18(16(20)21-14)10-11-6-2-1-3-7-11/h1-4,6-8,14-15,19H,5,9-10H2/t14-,15+/m1/s1. The number of benzene rings is 1. The molecule has 4 nitrogen and oxygen atoms in total. The second-order valence-corrected chi connectivity index (χ2v) is 5.59. The van der Waals surface area contributed by atoms with E-state index in [1.807, 2.05) is 42.5 Å². The summed E-state index contributed by atoms with van der Waals surface area (Å²) >= 11 is 6.19. The van der Waals surface area contributed by atoms with Gasteiger partial charge < -0.3 is 9.84 Å². The van der Waals surface area contributed by atoms with E-state index in [2.05, 4.69) is 0 Å². The van der Waals surface area contributed by atoms with Crippen LogP contribution in [0.5, 0.6) is 0 Å². The predicted molar refractivity (Wildman–Crippen MR) is 79.5 cm³/mol. The lowest BCUT2D eigenvalue weighted by Gasteiger charge is -2.22. The van der Waals surface area contributed by atoms with E-state index >= 15 is 0 Å². The molecule has 0 saturated carbocycles. The Hall–Kier alpha value is -1.78. The van der Waals surface area contributed by atoms with Crippen LogP contribution in [0.3, 0.4) is 0 Å². The van der Waals surface area contributed by atoms with Crippen molar-refractivity contribution in [2.24, 2.45) is 0 Å². The number of halogens is 1. The molecule has 5 heteroatoms. The smallest absolute Gasteiger partial charge is 0.413 e. The molecule has 1 amide bonds. The molecule has 1 saturated heterocycles. The van der Waals surface area contributed by atoms with E-state index < -0.39 is 18.4 Å². The molecule has 3 rings (SSSR count). The molecule has 0 aromatic heterocycles. The predicted octanol–water partition coefficient (Wildman–Crippen LogP) is 3.17. The summed E-state index contributed by atoms with van der Waals surface area (Å²) in [6, 6.07) is 9.50. The van der Waals surface area contributed by atoms with E-state index in [-0.39, 0.29) is 0 Å². The SMILES string of the molecule is O=C1O[C@H](C2=C(Cl)CCC=C2)[C@H](O)N1Cc1ccccc1. The Bertz CT molecular complexity index is 597. The monoisotopic (exact) mass is 305 g/mol. The fraction of sp³-hybridized carbons (Fsp3) is 0.312. The zero-order chi connectivity index (χ0) is 14.8. The maximum atomic E-state index is 12.0.